The van der Waals surface area contributed by atoms with Crippen molar-refractivity contribution in [1.29, 1.82) is 0 Å². The molecule has 0 radical (unpaired) electrons. The molecule has 0 aliphatic heterocycles. The molecule has 5 nitrogen and oxygen atoms in total. The summed E-state index contributed by atoms with van der Waals surface area (Å²) in [5.41, 5.74) is 0.577. The van der Waals surface area contributed by atoms with Gasteiger partial charge in [-0.15, -0.1) is 0 Å². The molecule has 0 aliphatic rings. The lowest BCUT2D eigenvalue weighted by Crippen LogP contribution is -2.16. The maximum Gasteiger partial charge on any atom is 0.266 e. The number of halogens is 2. The van der Waals surface area contributed by atoms with E-state index in [1.165, 1.54) is 24.4 Å². The number of aryl methyl sites for hydroxylation is 1. The third-order valence-corrected chi connectivity index (χ3v) is 4.00. The Morgan fingerprint density at radius 3 is 2.68 bits per heavy atom. The molecule has 0 unspecified atom stereocenters. The molecule has 100 valence electrons. The molecule has 2 heterocycles. The van der Waals surface area contributed by atoms with Crippen LogP contribution in [0.3, 0.4) is 0 Å². The standard InChI is InChI=1S/C11H9ClFN3O2S/c1-7-4-5-9(10(12)15-7)19(17,18)16-11-8(13)3-2-6-14-11/h2-6H,1H3,(H,14,16). The number of pyridine rings is 2. The number of nitrogens with zero attached hydrogens (tertiary/aromatic N) is 2. The van der Waals surface area contributed by atoms with Crippen LogP contribution in [-0.2, 0) is 10.0 Å². The summed E-state index contributed by atoms with van der Waals surface area (Å²) in [5, 5.41) is -0.177. The Balaban J connectivity index is 2.41. The van der Waals surface area contributed by atoms with Crippen LogP contribution in [0.4, 0.5) is 10.2 Å². The molecule has 0 aliphatic carbocycles. The van der Waals surface area contributed by atoms with E-state index in [1.807, 2.05) is 4.72 Å². The first-order chi connectivity index (χ1) is 8.90. The number of hydrogen-bond acceptors (Lipinski definition) is 4. The van der Waals surface area contributed by atoms with Crippen molar-refractivity contribution < 1.29 is 12.8 Å². The molecule has 0 saturated heterocycles. The lowest BCUT2D eigenvalue weighted by molar-refractivity contribution is 0.597. The number of rotatable bonds is 3. The summed E-state index contributed by atoms with van der Waals surface area (Å²) in [6.45, 7) is 1.67. The summed E-state index contributed by atoms with van der Waals surface area (Å²) in [4.78, 5) is 7.21. The summed E-state index contributed by atoms with van der Waals surface area (Å²) >= 11 is 5.78. The van der Waals surface area contributed by atoms with E-state index in [4.69, 9.17) is 11.6 Å². The Bertz CT molecular complexity index is 722. The van der Waals surface area contributed by atoms with Crippen LogP contribution in [0.5, 0.6) is 0 Å². The fourth-order valence-electron chi connectivity index (χ4n) is 1.36. The van der Waals surface area contributed by atoms with E-state index in [2.05, 4.69) is 9.97 Å². The zero-order valence-corrected chi connectivity index (χ0v) is 11.3. The average Bonchev–Trinajstić information content (AvgIpc) is 2.31. The van der Waals surface area contributed by atoms with Gasteiger partial charge in [0.25, 0.3) is 10.0 Å². The van der Waals surface area contributed by atoms with Gasteiger partial charge in [0.2, 0.25) is 0 Å². The van der Waals surface area contributed by atoms with Gasteiger partial charge in [0.15, 0.2) is 11.6 Å². The normalized spacial score (nSPS) is 11.3. The van der Waals surface area contributed by atoms with Crippen LogP contribution in [-0.4, -0.2) is 18.4 Å². The number of anilines is 1. The van der Waals surface area contributed by atoms with Crippen molar-refractivity contribution in [3.05, 3.63) is 47.1 Å². The molecule has 2 aromatic heterocycles. The third kappa shape index (κ3) is 2.99. The highest BCUT2D eigenvalue weighted by Gasteiger charge is 2.20. The topological polar surface area (TPSA) is 72.0 Å². The molecule has 2 aromatic rings. The molecular formula is C11H9ClFN3O2S. The summed E-state index contributed by atoms with van der Waals surface area (Å²) in [6, 6.07) is 5.25. The third-order valence-electron chi connectivity index (χ3n) is 2.23. The first kappa shape index (κ1) is 13.7. The molecule has 0 fully saturated rings. The second-order valence-corrected chi connectivity index (χ2v) is 5.69. The summed E-state index contributed by atoms with van der Waals surface area (Å²) in [6.07, 6.45) is 1.27. The highest BCUT2D eigenvalue weighted by atomic mass is 35.5. The Kier molecular flexibility index (Phi) is 3.68. The second-order valence-electron chi connectivity index (χ2n) is 3.68. The van der Waals surface area contributed by atoms with E-state index < -0.39 is 15.8 Å². The lowest BCUT2D eigenvalue weighted by Gasteiger charge is -2.09. The Morgan fingerprint density at radius 2 is 2.05 bits per heavy atom. The minimum atomic E-state index is -4.03. The van der Waals surface area contributed by atoms with Gasteiger partial charge < -0.3 is 0 Å². The SMILES string of the molecule is Cc1ccc(S(=O)(=O)Nc2ncccc2F)c(Cl)n1. The quantitative estimate of drug-likeness (QED) is 0.884. The van der Waals surface area contributed by atoms with Crippen LogP contribution in [0.2, 0.25) is 5.15 Å². The molecular weight excluding hydrogens is 293 g/mol. The van der Waals surface area contributed by atoms with Crippen molar-refractivity contribution in [2.24, 2.45) is 0 Å². The van der Waals surface area contributed by atoms with Crippen LogP contribution in [0.1, 0.15) is 5.69 Å². The van der Waals surface area contributed by atoms with Gasteiger partial charge in [-0.05, 0) is 31.2 Å². The lowest BCUT2D eigenvalue weighted by atomic mass is 10.4. The summed E-state index contributed by atoms with van der Waals surface area (Å²) in [5.74, 6) is -1.17. The number of hydrogen-bond donors (Lipinski definition) is 1. The van der Waals surface area contributed by atoms with Crippen molar-refractivity contribution in [2.45, 2.75) is 11.8 Å². The fraction of sp³-hybridized carbons (Fsp3) is 0.0909. The van der Waals surface area contributed by atoms with Crippen molar-refractivity contribution in [3.8, 4) is 0 Å². The molecule has 2 rings (SSSR count). The molecule has 0 bridgehead atoms. The highest BCUT2D eigenvalue weighted by Crippen LogP contribution is 2.22. The Morgan fingerprint density at radius 1 is 1.32 bits per heavy atom. The number of sulfonamides is 1. The van der Waals surface area contributed by atoms with Gasteiger partial charge >= 0.3 is 0 Å². The van der Waals surface area contributed by atoms with E-state index in [1.54, 1.807) is 6.92 Å². The van der Waals surface area contributed by atoms with E-state index in [9.17, 15) is 12.8 Å². The summed E-state index contributed by atoms with van der Waals surface area (Å²) < 4.78 is 39.5. The first-order valence-corrected chi connectivity index (χ1v) is 7.03. The molecule has 0 aromatic carbocycles. The smallest absolute Gasteiger partial charge is 0.261 e. The van der Waals surface area contributed by atoms with Gasteiger partial charge in [-0.2, -0.15) is 0 Å². The predicted molar refractivity (Wildman–Crippen MR) is 69.0 cm³/mol. The van der Waals surface area contributed by atoms with Gasteiger partial charge in [0.05, 0.1) is 0 Å². The molecule has 8 heteroatoms. The molecule has 0 saturated carbocycles. The van der Waals surface area contributed by atoms with E-state index in [0.29, 0.717) is 5.69 Å². The number of nitrogens with one attached hydrogen (secondary N) is 1. The van der Waals surface area contributed by atoms with E-state index in [-0.39, 0.29) is 15.9 Å². The van der Waals surface area contributed by atoms with Crippen LogP contribution in [0.15, 0.2) is 35.4 Å². The average molecular weight is 302 g/mol. The minimum Gasteiger partial charge on any atom is -0.261 e. The molecule has 19 heavy (non-hydrogen) atoms. The van der Waals surface area contributed by atoms with Crippen molar-refractivity contribution in [1.82, 2.24) is 9.97 Å². The Hall–Kier alpha value is -1.73. The monoisotopic (exact) mass is 301 g/mol. The van der Waals surface area contributed by atoms with E-state index >= 15 is 0 Å². The minimum absolute atomic E-state index is 0.177. The zero-order chi connectivity index (χ0) is 14.0. The fourth-order valence-corrected chi connectivity index (χ4v) is 2.89. The van der Waals surface area contributed by atoms with Crippen LogP contribution in [0.25, 0.3) is 0 Å². The maximum absolute atomic E-state index is 13.4. The van der Waals surface area contributed by atoms with Crippen LogP contribution >= 0.6 is 11.6 Å². The molecule has 1 N–H and O–H groups in total. The van der Waals surface area contributed by atoms with Crippen molar-refractivity contribution in [2.75, 3.05) is 4.72 Å². The molecule has 0 amide bonds. The van der Waals surface area contributed by atoms with E-state index in [0.717, 1.165) is 6.07 Å². The highest BCUT2D eigenvalue weighted by molar-refractivity contribution is 7.92. The largest absolute Gasteiger partial charge is 0.266 e. The number of aromatic nitrogens is 2. The second kappa shape index (κ2) is 5.10. The predicted octanol–water partition coefficient (Wildman–Crippen LogP) is 2.38. The van der Waals surface area contributed by atoms with Crippen molar-refractivity contribution in [3.63, 3.8) is 0 Å². The summed E-state index contributed by atoms with van der Waals surface area (Å²) in [7, 11) is -4.03. The van der Waals surface area contributed by atoms with Crippen LogP contribution in [0, 0.1) is 12.7 Å². The maximum atomic E-state index is 13.4. The van der Waals surface area contributed by atoms with Gasteiger partial charge in [-0.25, -0.2) is 22.8 Å². The van der Waals surface area contributed by atoms with Gasteiger partial charge in [-0.3, -0.25) is 4.72 Å². The zero-order valence-electron chi connectivity index (χ0n) is 9.76. The van der Waals surface area contributed by atoms with Crippen molar-refractivity contribution >= 4 is 27.4 Å². The van der Waals surface area contributed by atoms with Gasteiger partial charge in [0, 0.05) is 11.9 Å². The van der Waals surface area contributed by atoms with Gasteiger partial charge in [0.1, 0.15) is 10.0 Å². The molecule has 0 spiro atoms. The Labute approximate surface area is 114 Å². The molecule has 0 atom stereocenters. The first-order valence-electron chi connectivity index (χ1n) is 5.16. The van der Waals surface area contributed by atoms with Crippen LogP contribution < -0.4 is 4.72 Å². The van der Waals surface area contributed by atoms with Gasteiger partial charge in [-0.1, -0.05) is 11.6 Å².